The predicted octanol–water partition coefficient (Wildman–Crippen LogP) is 2.24. The van der Waals surface area contributed by atoms with E-state index in [1.807, 2.05) is 0 Å². The molecule has 2 rings (SSSR count). The number of aliphatic hydroxyl groups excluding tert-OH is 1. The zero-order valence-electron chi connectivity index (χ0n) is 10.9. The zero-order chi connectivity index (χ0) is 14.5. The van der Waals surface area contributed by atoms with Crippen molar-refractivity contribution in [3.05, 3.63) is 28.5 Å². The third-order valence-corrected chi connectivity index (χ3v) is 3.97. The van der Waals surface area contributed by atoms with Gasteiger partial charge in [-0.15, -0.1) is 0 Å². The lowest BCUT2D eigenvalue weighted by atomic mass is 10.1. The van der Waals surface area contributed by atoms with Crippen LogP contribution in [0, 0.1) is 11.7 Å². The first-order chi connectivity index (χ1) is 9.54. The Morgan fingerprint density at radius 2 is 2.30 bits per heavy atom. The highest BCUT2D eigenvalue weighted by molar-refractivity contribution is 9.10. The Labute approximate surface area is 125 Å². The molecule has 1 fully saturated rings. The normalized spacial score (nSPS) is 21.8. The van der Waals surface area contributed by atoms with Crippen LogP contribution in [0.2, 0.25) is 0 Å². The molecule has 110 valence electrons. The van der Waals surface area contributed by atoms with Crippen LogP contribution in [0.1, 0.15) is 19.3 Å². The van der Waals surface area contributed by atoms with Crippen molar-refractivity contribution in [2.24, 2.45) is 5.92 Å². The number of amides is 1. The first-order valence-corrected chi connectivity index (χ1v) is 7.36. The molecular formula is C14H17BrFNO3. The van der Waals surface area contributed by atoms with Crippen molar-refractivity contribution in [1.82, 2.24) is 5.32 Å². The summed E-state index contributed by atoms with van der Waals surface area (Å²) in [5.41, 5.74) is 0. The molecule has 1 aliphatic rings. The van der Waals surface area contributed by atoms with Gasteiger partial charge in [-0.25, -0.2) is 4.39 Å². The first-order valence-electron chi connectivity index (χ1n) is 6.57. The molecule has 1 saturated carbocycles. The van der Waals surface area contributed by atoms with Gasteiger partial charge in [0, 0.05) is 6.54 Å². The van der Waals surface area contributed by atoms with Gasteiger partial charge in [0.1, 0.15) is 11.6 Å². The van der Waals surface area contributed by atoms with Crippen LogP contribution < -0.4 is 10.1 Å². The number of carbonyl (C=O) groups is 1. The average Bonchev–Trinajstić information content (AvgIpc) is 2.81. The Morgan fingerprint density at radius 3 is 2.95 bits per heavy atom. The molecule has 2 atom stereocenters. The third-order valence-electron chi connectivity index (χ3n) is 3.35. The zero-order valence-corrected chi connectivity index (χ0v) is 12.5. The van der Waals surface area contributed by atoms with Crippen molar-refractivity contribution in [3.8, 4) is 5.75 Å². The Morgan fingerprint density at radius 1 is 1.50 bits per heavy atom. The van der Waals surface area contributed by atoms with E-state index in [0.717, 1.165) is 19.3 Å². The Kier molecular flexibility index (Phi) is 5.37. The second-order valence-electron chi connectivity index (χ2n) is 5.00. The number of ether oxygens (including phenoxy) is 1. The van der Waals surface area contributed by atoms with Crippen LogP contribution in [-0.2, 0) is 4.79 Å². The molecule has 20 heavy (non-hydrogen) atoms. The van der Waals surface area contributed by atoms with E-state index in [0.29, 0.717) is 22.7 Å². The smallest absolute Gasteiger partial charge is 0.257 e. The number of hydrogen-bond donors (Lipinski definition) is 2. The second kappa shape index (κ2) is 7.04. The highest BCUT2D eigenvalue weighted by Gasteiger charge is 2.22. The Bertz CT molecular complexity index is 483. The summed E-state index contributed by atoms with van der Waals surface area (Å²) >= 11 is 3.17. The second-order valence-corrected chi connectivity index (χ2v) is 5.85. The van der Waals surface area contributed by atoms with Gasteiger partial charge in [-0.3, -0.25) is 4.79 Å². The van der Waals surface area contributed by atoms with Crippen LogP contribution in [-0.4, -0.2) is 30.3 Å². The summed E-state index contributed by atoms with van der Waals surface area (Å²) in [5, 5.41) is 12.2. The molecule has 0 heterocycles. The highest BCUT2D eigenvalue weighted by atomic mass is 79.9. The van der Waals surface area contributed by atoms with Crippen molar-refractivity contribution in [2.75, 3.05) is 13.2 Å². The quantitative estimate of drug-likeness (QED) is 0.860. The SMILES string of the molecule is O=C(COc1ccc(F)cc1Br)NCC1CCC(O)C1. The number of carbonyl (C=O) groups excluding carboxylic acids is 1. The van der Waals surface area contributed by atoms with E-state index in [9.17, 15) is 14.3 Å². The molecule has 1 amide bonds. The van der Waals surface area contributed by atoms with Gasteiger partial charge in [-0.1, -0.05) is 0 Å². The van der Waals surface area contributed by atoms with E-state index < -0.39 is 0 Å². The van der Waals surface area contributed by atoms with Crippen LogP contribution in [0.25, 0.3) is 0 Å². The maximum Gasteiger partial charge on any atom is 0.257 e. The number of rotatable bonds is 5. The lowest BCUT2D eigenvalue weighted by Crippen LogP contribution is -2.32. The minimum atomic E-state index is -0.367. The van der Waals surface area contributed by atoms with Crippen LogP contribution in [0.3, 0.4) is 0 Å². The molecule has 0 spiro atoms. The number of hydrogen-bond acceptors (Lipinski definition) is 3. The molecule has 0 radical (unpaired) electrons. The predicted molar refractivity (Wildman–Crippen MR) is 76.0 cm³/mol. The number of benzene rings is 1. The summed E-state index contributed by atoms with van der Waals surface area (Å²) < 4.78 is 18.7. The molecule has 0 aromatic heterocycles. The summed E-state index contributed by atoms with van der Waals surface area (Å²) in [4.78, 5) is 11.6. The Balaban J connectivity index is 1.72. The summed E-state index contributed by atoms with van der Waals surface area (Å²) in [7, 11) is 0. The van der Waals surface area contributed by atoms with Gasteiger partial charge in [0.25, 0.3) is 5.91 Å². The highest BCUT2D eigenvalue weighted by Crippen LogP contribution is 2.26. The van der Waals surface area contributed by atoms with Crippen molar-refractivity contribution < 1.29 is 19.0 Å². The molecule has 0 bridgehead atoms. The van der Waals surface area contributed by atoms with Crippen molar-refractivity contribution >= 4 is 21.8 Å². The fraction of sp³-hybridized carbons (Fsp3) is 0.500. The molecular weight excluding hydrogens is 329 g/mol. The van der Waals surface area contributed by atoms with Gasteiger partial charge in [-0.2, -0.15) is 0 Å². The molecule has 1 aliphatic carbocycles. The molecule has 2 unspecified atom stereocenters. The first kappa shape index (κ1) is 15.3. The molecule has 4 nitrogen and oxygen atoms in total. The van der Waals surface area contributed by atoms with E-state index in [2.05, 4.69) is 21.2 Å². The van der Waals surface area contributed by atoms with Crippen molar-refractivity contribution in [3.63, 3.8) is 0 Å². The van der Waals surface area contributed by atoms with Gasteiger partial charge in [-0.05, 0) is 59.3 Å². The lowest BCUT2D eigenvalue weighted by molar-refractivity contribution is -0.123. The number of halogens is 2. The largest absolute Gasteiger partial charge is 0.483 e. The van der Waals surface area contributed by atoms with E-state index in [1.165, 1.54) is 18.2 Å². The van der Waals surface area contributed by atoms with Crippen LogP contribution >= 0.6 is 15.9 Å². The van der Waals surface area contributed by atoms with Crippen molar-refractivity contribution in [1.29, 1.82) is 0 Å². The third kappa shape index (κ3) is 4.45. The van der Waals surface area contributed by atoms with Gasteiger partial charge >= 0.3 is 0 Å². The van der Waals surface area contributed by atoms with Gasteiger partial charge in [0.05, 0.1) is 10.6 Å². The standard InChI is InChI=1S/C14H17BrFNO3/c15-12-6-10(16)2-4-13(12)20-8-14(19)17-7-9-1-3-11(18)5-9/h2,4,6,9,11,18H,1,3,5,7-8H2,(H,17,19). The van der Waals surface area contributed by atoms with E-state index in [4.69, 9.17) is 4.74 Å². The van der Waals surface area contributed by atoms with Crippen molar-refractivity contribution in [2.45, 2.75) is 25.4 Å². The molecule has 0 aliphatic heterocycles. The van der Waals surface area contributed by atoms with Gasteiger partial charge in [0.15, 0.2) is 6.61 Å². The summed E-state index contributed by atoms with van der Waals surface area (Å²) in [6, 6.07) is 4.03. The lowest BCUT2D eigenvalue weighted by Gasteiger charge is -2.12. The van der Waals surface area contributed by atoms with E-state index in [-0.39, 0.29) is 24.4 Å². The summed E-state index contributed by atoms with van der Waals surface area (Å²) in [6.07, 6.45) is 2.25. The minimum Gasteiger partial charge on any atom is -0.483 e. The molecule has 1 aromatic rings. The molecule has 1 aromatic carbocycles. The van der Waals surface area contributed by atoms with Crippen LogP contribution in [0.4, 0.5) is 4.39 Å². The molecule has 6 heteroatoms. The average molecular weight is 346 g/mol. The molecule has 2 N–H and O–H groups in total. The fourth-order valence-corrected chi connectivity index (χ4v) is 2.74. The molecule has 0 saturated heterocycles. The maximum atomic E-state index is 12.9. The number of aliphatic hydroxyl groups is 1. The summed E-state index contributed by atoms with van der Waals surface area (Å²) in [5.74, 6) is 0.181. The van der Waals surface area contributed by atoms with E-state index >= 15 is 0 Å². The topological polar surface area (TPSA) is 58.6 Å². The minimum absolute atomic E-state index is 0.112. The Hall–Kier alpha value is -1.14. The maximum absolute atomic E-state index is 12.9. The monoisotopic (exact) mass is 345 g/mol. The van der Waals surface area contributed by atoms with Crippen LogP contribution in [0.15, 0.2) is 22.7 Å². The fourth-order valence-electron chi connectivity index (χ4n) is 2.28. The van der Waals surface area contributed by atoms with Gasteiger partial charge < -0.3 is 15.2 Å². The van der Waals surface area contributed by atoms with E-state index in [1.54, 1.807) is 0 Å². The number of nitrogens with one attached hydrogen (secondary N) is 1. The summed E-state index contributed by atoms with van der Waals surface area (Å²) in [6.45, 7) is 0.448. The van der Waals surface area contributed by atoms with Crippen LogP contribution in [0.5, 0.6) is 5.75 Å². The van der Waals surface area contributed by atoms with Gasteiger partial charge in [0.2, 0.25) is 0 Å².